The summed E-state index contributed by atoms with van der Waals surface area (Å²) in [5.41, 5.74) is 7.26. The van der Waals surface area contributed by atoms with Crippen molar-refractivity contribution in [2.45, 2.75) is 19.1 Å². The molecule has 0 saturated heterocycles. The van der Waals surface area contributed by atoms with Gasteiger partial charge >= 0.3 is 0 Å². The lowest BCUT2D eigenvalue weighted by Crippen LogP contribution is -2.33. The summed E-state index contributed by atoms with van der Waals surface area (Å²) in [6.07, 6.45) is 2.34. The zero-order valence-corrected chi connectivity index (χ0v) is 20.4. The van der Waals surface area contributed by atoms with Crippen LogP contribution in [0.1, 0.15) is 33.3 Å². The molecule has 3 heterocycles. The first-order valence-corrected chi connectivity index (χ1v) is 11.5. The van der Waals surface area contributed by atoms with E-state index in [2.05, 4.69) is 11.1 Å². The van der Waals surface area contributed by atoms with Crippen molar-refractivity contribution in [1.29, 1.82) is 0 Å². The molecule has 3 aromatic rings. The van der Waals surface area contributed by atoms with Gasteiger partial charge in [0.25, 0.3) is 5.91 Å². The number of hydrogen-bond acceptors (Lipinski definition) is 6. The number of nitrogens with two attached hydrogens (primary N) is 1. The maximum atomic E-state index is 13.1. The van der Waals surface area contributed by atoms with Gasteiger partial charge in [0.1, 0.15) is 17.7 Å². The van der Waals surface area contributed by atoms with E-state index in [4.69, 9.17) is 22.1 Å². The van der Waals surface area contributed by atoms with Crippen LogP contribution in [0, 0.1) is 0 Å². The van der Waals surface area contributed by atoms with Gasteiger partial charge in [-0.25, -0.2) is 4.98 Å². The Bertz CT molecular complexity index is 1050. The van der Waals surface area contributed by atoms with Crippen molar-refractivity contribution in [3.05, 3.63) is 75.1 Å². The lowest BCUT2D eigenvalue weighted by Gasteiger charge is -2.22. The molecular weight excluding hydrogens is 464 g/mol. The van der Waals surface area contributed by atoms with Gasteiger partial charge in [-0.05, 0) is 47.8 Å². The van der Waals surface area contributed by atoms with Crippen LogP contribution in [0.4, 0.5) is 5.82 Å². The van der Waals surface area contributed by atoms with Crippen LogP contribution in [0.25, 0.3) is 0 Å². The van der Waals surface area contributed by atoms with Crippen LogP contribution < -0.4 is 15.4 Å². The van der Waals surface area contributed by atoms with Gasteiger partial charge in [0.15, 0.2) is 0 Å². The number of hydrogen-bond donors (Lipinski definition) is 1. The number of amides is 1. The molecule has 0 fully saturated rings. The summed E-state index contributed by atoms with van der Waals surface area (Å²) < 4.78 is 6.18. The average molecular weight is 491 g/mol. The van der Waals surface area contributed by atoms with Crippen molar-refractivity contribution in [2.75, 3.05) is 31.6 Å². The van der Waals surface area contributed by atoms with Crippen LogP contribution in [-0.4, -0.2) is 42.5 Å². The first kappa shape index (κ1) is 24.4. The normalized spacial score (nSPS) is 14.4. The highest BCUT2D eigenvalue weighted by atomic mass is 35.5. The number of nitrogens with zero attached hydrogens (tertiary/aromatic N) is 3. The summed E-state index contributed by atoms with van der Waals surface area (Å²) in [7, 11) is 1.95. The van der Waals surface area contributed by atoms with Crippen LogP contribution in [0.2, 0.25) is 5.02 Å². The fourth-order valence-corrected chi connectivity index (χ4v) is 4.67. The number of fused-ring (bicyclic) bond motifs is 1. The summed E-state index contributed by atoms with van der Waals surface area (Å²) in [6.45, 7) is 2.26. The van der Waals surface area contributed by atoms with E-state index in [9.17, 15) is 4.79 Å². The molecule has 2 N–H and O–H groups in total. The fraction of sp³-hybridized carbons (Fsp3) is 0.304. The van der Waals surface area contributed by atoms with E-state index in [1.807, 2.05) is 52.6 Å². The van der Waals surface area contributed by atoms with Crippen molar-refractivity contribution < 1.29 is 9.53 Å². The predicted molar refractivity (Wildman–Crippen MR) is 135 cm³/mol. The standard InChI is InChI=1S/C23H25ClN4O2S.H2S/c1-27-11-12-28(23(29)18-4-2-10-26-22(18)27)15-16-6-7-17(14-19(16)24)30-20(8-9-25)21-5-3-13-31-21;/h2-7,10,13-14,20H,8-9,11-12,15,25H2,1H3;1H2/t20-;/m0./s1. The summed E-state index contributed by atoms with van der Waals surface area (Å²) in [5.74, 6) is 1.37. The van der Waals surface area contributed by atoms with Crippen LogP contribution in [0.5, 0.6) is 5.75 Å². The van der Waals surface area contributed by atoms with Crippen LogP contribution in [-0.2, 0) is 6.54 Å². The van der Waals surface area contributed by atoms with Crippen LogP contribution in [0.3, 0.4) is 0 Å². The van der Waals surface area contributed by atoms with Gasteiger partial charge in [0, 0.05) is 49.2 Å². The maximum Gasteiger partial charge on any atom is 0.257 e. The second-order valence-corrected chi connectivity index (χ2v) is 8.86. The predicted octanol–water partition coefficient (Wildman–Crippen LogP) is 4.47. The lowest BCUT2D eigenvalue weighted by molar-refractivity contribution is 0.0755. The van der Waals surface area contributed by atoms with Crippen molar-refractivity contribution in [2.24, 2.45) is 5.73 Å². The number of anilines is 1. The Balaban J connectivity index is 0.00000289. The molecule has 0 bridgehead atoms. The zero-order chi connectivity index (χ0) is 21.8. The highest BCUT2D eigenvalue weighted by Crippen LogP contribution is 2.31. The van der Waals surface area contributed by atoms with Crippen LogP contribution in [0.15, 0.2) is 54.0 Å². The third-order valence-corrected chi connectivity index (χ3v) is 6.64. The van der Waals surface area contributed by atoms with Crippen molar-refractivity contribution in [3.8, 4) is 5.75 Å². The molecule has 0 aliphatic carbocycles. The Morgan fingerprint density at radius 2 is 2.09 bits per heavy atom. The Kier molecular flexibility index (Phi) is 8.42. The van der Waals surface area contributed by atoms with Gasteiger partial charge in [-0.15, -0.1) is 11.3 Å². The zero-order valence-electron chi connectivity index (χ0n) is 17.8. The minimum absolute atomic E-state index is 0. The van der Waals surface area contributed by atoms with Crippen molar-refractivity contribution in [3.63, 3.8) is 0 Å². The number of thiophene rings is 1. The Labute approximate surface area is 204 Å². The van der Waals surface area contributed by atoms with Gasteiger partial charge in [-0.3, -0.25) is 4.79 Å². The highest BCUT2D eigenvalue weighted by Gasteiger charge is 2.26. The summed E-state index contributed by atoms with van der Waals surface area (Å²) in [5, 5.41) is 2.61. The molecule has 0 radical (unpaired) electrons. The van der Waals surface area contributed by atoms with E-state index in [1.165, 1.54) is 0 Å². The van der Waals surface area contributed by atoms with Gasteiger partial charge < -0.3 is 20.3 Å². The van der Waals surface area contributed by atoms with E-state index < -0.39 is 0 Å². The van der Waals surface area contributed by atoms with Crippen molar-refractivity contribution >= 4 is 48.2 Å². The number of halogens is 1. The van der Waals surface area contributed by atoms with Gasteiger partial charge in [0.05, 0.1) is 5.56 Å². The third kappa shape index (κ3) is 5.38. The van der Waals surface area contributed by atoms with Crippen LogP contribution >= 0.6 is 36.4 Å². The molecule has 0 unspecified atom stereocenters. The minimum Gasteiger partial charge on any atom is -0.485 e. The highest BCUT2D eigenvalue weighted by molar-refractivity contribution is 7.59. The molecule has 1 atom stereocenters. The Hall–Kier alpha value is -2.26. The topological polar surface area (TPSA) is 71.7 Å². The number of likely N-dealkylation sites (N-methyl/N-ethyl adjacent to an activating group) is 1. The van der Waals surface area contributed by atoms with E-state index in [0.29, 0.717) is 48.3 Å². The van der Waals surface area contributed by atoms with Crippen molar-refractivity contribution in [1.82, 2.24) is 9.88 Å². The van der Waals surface area contributed by atoms with E-state index in [-0.39, 0.29) is 25.5 Å². The molecule has 6 nitrogen and oxygen atoms in total. The molecule has 0 saturated carbocycles. The lowest BCUT2D eigenvalue weighted by atomic mass is 10.1. The monoisotopic (exact) mass is 490 g/mol. The third-order valence-electron chi connectivity index (χ3n) is 5.32. The number of pyridine rings is 1. The Morgan fingerprint density at radius 1 is 1.25 bits per heavy atom. The smallest absolute Gasteiger partial charge is 0.257 e. The van der Waals surface area contributed by atoms with Gasteiger partial charge in [-0.1, -0.05) is 23.7 Å². The first-order chi connectivity index (χ1) is 15.1. The van der Waals surface area contributed by atoms with E-state index in [1.54, 1.807) is 23.6 Å². The second kappa shape index (κ2) is 11.0. The molecule has 0 spiro atoms. The molecule has 4 rings (SSSR count). The summed E-state index contributed by atoms with van der Waals surface area (Å²) in [4.78, 5) is 22.4. The second-order valence-electron chi connectivity index (χ2n) is 7.48. The Morgan fingerprint density at radius 3 is 2.81 bits per heavy atom. The minimum atomic E-state index is -0.0985. The molecule has 2 aromatic heterocycles. The largest absolute Gasteiger partial charge is 0.485 e. The molecule has 32 heavy (non-hydrogen) atoms. The summed E-state index contributed by atoms with van der Waals surface area (Å²) in [6, 6.07) is 13.3. The SMILES string of the molecule is CN1CCN(Cc2ccc(O[C@@H](CCN)c3cccs3)cc2Cl)C(=O)c2cccnc21.S. The first-order valence-electron chi connectivity index (χ1n) is 10.2. The molecule has 1 aromatic carbocycles. The number of carbonyl (C=O) groups excluding carboxylic acids is 1. The number of ether oxygens (including phenoxy) is 1. The molecule has 170 valence electrons. The quantitative estimate of drug-likeness (QED) is 0.529. The van der Waals surface area contributed by atoms with Gasteiger partial charge in [0.2, 0.25) is 0 Å². The van der Waals surface area contributed by atoms with E-state index in [0.717, 1.165) is 16.9 Å². The van der Waals surface area contributed by atoms with E-state index >= 15 is 0 Å². The number of carbonyl (C=O) groups is 1. The average Bonchev–Trinajstić information content (AvgIpc) is 3.28. The summed E-state index contributed by atoms with van der Waals surface area (Å²) >= 11 is 8.24. The molecule has 1 aliphatic heterocycles. The maximum absolute atomic E-state index is 13.1. The number of rotatable bonds is 7. The molecule has 1 amide bonds. The number of benzene rings is 1. The fourth-order valence-electron chi connectivity index (χ4n) is 3.65. The molecule has 9 heteroatoms. The molecular formula is C23H27ClN4O2S2. The molecule has 1 aliphatic rings. The number of aromatic nitrogens is 1. The van der Waals surface area contributed by atoms with Gasteiger partial charge in [-0.2, -0.15) is 13.5 Å².